The average Bonchev–Trinajstić information content (AvgIpc) is 3.03. The molecule has 1 aliphatic rings. The smallest absolute Gasteiger partial charge is 0.121 e. The fourth-order valence-electron chi connectivity index (χ4n) is 3.38. The van der Waals surface area contributed by atoms with E-state index in [1.165, 1.54) is 5.56 Å². The molecule has 2 aromatic heterocycles. The van der Waals surface area contributed by atoms with E-state index < -0.39 is 0 Å². The van der Waals surface area contributed by atoms with Crippen molar-refractivity contribution in [1.82, 2.24) is 19.9 Å². The number of aryl methyl sites for hydroxylation is 1. The fraction of sp³-hybridized carbons (Fsp3) is 0.400. The van der Waals surface area contributed by atoms with Crippen LogP contribution >= 0.6 is 0 Å². The molecule has 1 fully saturated rings. The molecule has 0 bridgehead atoms. The normalized spacial score (nSPS) is 16.5. The Morgan fingerprint density at radius 3 is 2.88 bits per heavy atom. The van der Waals surface area contributed by atoms with E-state index in [1.54, 1.807) is 0 Å². The maximum absolute atomic E-state index is 6.02. The van der Waals surface area contributed by atoms with Gasteiger partial charge in [-0.05, 0) is 49.6 Å². The molecule has 5 nitrogen and oxygen atoms in total. The minimum atomic E-state index is 0.330. The fourth-order valence-corrected chi connectivity index (χ4v) is 3.38. The van der Waals surface area contributed by atoms with E-state index >= 15 is 0 Å². The molecule has 0 radical (unpaired) electrons. The summed E-state index contributed by atoms with van der Waals surface area (Å²) in [4.78, 5) is 14.9. The minimum absolute atomic E-state index is 0.330. The monoisotopic (exact) mass is 336 g/mol. The summed E-state index contributed by atoms with van der Waals surface area (Å²) >= 11 is 0. The van der Waals surface area contributed by atoms with Crippen LogP contribution in [0.2, 0.25) is 0 Å². The number of pyridine rings is 1. The van der Waals surface area contributed by atoms with Crippen molar-refractivity contribution in [2.45, 2.75) is 39.0 Å². The lowest BCUT2D eigenvalue weighted by Gasteiger charge is -2.31. The molecule has 0 aliphatic carbocycles. The van der Waals surface area contributed by atoms with Crippen LogP contribution in [0.1, 0.15) is 29.9 Å². The van der Waals surface area contributed by atoms with Crippen molar-refractivity contribution in [3.05, 3.63) is 59.7 Å². The summed E-state index contributed by atoms with van der Waals surface area (Å²) in [5, 5.41) is 0. The number of piperidine rings is 1. The first-order valence-corrected chi connectivity index (χ1v) is 8.95. The molecule has 1 aliphatic heterocycles. The number of ether oxygens (including phenoxy) is 1. The Labute approximate surface area is 148 Å². The van der Waals surface area contributed by atoms with E-state index in [1.807, 2.05) is 24.4 Å². The highest BCUT2D eigenvalue weighted by Crippen LogP contribution is 2.18. The van der Waals surface area contributed by atoms with Crippen molar-refractivity contribution in [3.63, 3.8) is 0 Å². The van der Waals surface area contributed by atoms with Gasteiger partial charge in [-0.25, -0.2) is 4.98 Å². The summed E-state index contributed by atoms with van der Waals surface area (Å²) in [6.45, 7) is 5.68. The number of rotatable bonds is 5. The van der Waals surface area contributed by atoms with Crippen molar-refractivity contribution >= 4 is 11.0 Å². The number of imidazole rings is 1. The van der Waals surface area contributed by atoms with E-state index in [9.17, 15) is 0 Å². The van der Waals surface area contributed by atoms with E-state index in [4.69, 9.17) is 9.72 Å². The number of nitrogens with zero attached hydrogens (tertiary/aromatic N) is 3. The third-order valence-corrected chi connectivity index (χ3v) is 4.79. The topological polar surface area (TPSA) is 54.0 Å². The Bertz CT molecular complexity index is 822. The van der Waals surface area contributed by atoms with Gasteiger partial charge in [-0.1, -0.05) is 12.1 Å². The molecule has 130 valence electrons. The standard InChI is InChI=1S/C20H24N4O/c1-15-5-6-18-19(12-15)23-20(22-18)13-24-10-7-17(8-11-24)25-14-16-4-2-3-9-21-16/h2-6,9,12,17H,7-8,10-11,13-14H2,1H3,(H,22,23). The number of H-pyrrole nitrogens is 1. The highest BCUT2D eigenvalue weighted by molar-refractivity contribution is 5.75. The number of likely N-dealkylation sites (tertiary alicyclic amines) is 1. The summed E-state index contributed by atoms with van der Waals surface area (Å²) < 4.78 is 6.02. The first kappa shape index (κ1) is 16.2. The van der Waals surface area contributed by atoms with Crippen LogP contribution in [0.3, 0.4) is 0 Å². The third-order valence-electron chi connectivity index (χ3n) is 4.79. The van der Waals surface area contributed by atoms with Crippen LogP contribution < -0.4 is 0 Å². The molecule has 0 spiro atoms. The van der Waals surface area contributed by atoms with Crippen LogP contribution in [0.4, 0.5) is 0 Å². The Kier molecular flexibility index (Phi) is 4.76. The van der Waals surface area contributed by atoms with Gasteiger partial charge in [-0.15, -0.1) is 0 Å². The zero-order valence-corrected chi connectivity index (χ0v) is 14.6. The maximum Gasteiger partial charge on any atom is 0.121 e. The Morgan fingerprint density at radius 1 is 1.20 bits per heavy atom. The zero-order valence-electron chi connectivity index (χ0n) is 14.6. The summed E-state index contributed by atoms with van der Waals surface area (Å²) in [5.41, 5.74) is 4.44. The van der Waals surface area contributed by atoms with Crippen LogP contribution in [-0.2, 0) is 17.9 Å². The summed E-state index contributed by atoms with van der Waals surface area (Å²) in [6.07, 6.45) is 4.27. The van der Waals surface area contributed by atoms with Crippen LogP contribution in [0.15, 0.2) is 42.6 Å². The number of nitrogens with one attached hydrogen (secondary N) is 1. The maximum atomic E-state index is 6.02. The zero-order chi connectivity index (χ0) is 17.1. The van der Waals surface area contributed by atoms with Gasteiger partial charge in [0.25, 0.3) is 0 Å². The van der Waals surface area contributed by atoms with Crippen molar-refractivity contribution < 1.29 is 4.74 Å². The molecular formula is C20H24N4O. The predicted octanol–water partition coefficient (Wildman–Crippen LogP) is 3.45. The second-order valence-corrected chi connectivity index (χ2v) is 6.81. The molecule has 1 aromatic carbocycles. The van der Waals surface area contributed by atoms with Crippen LogP contribution in [0, 0.1) is 6.92 Å². The van der Waals surface area contributed by atoms with Gasteiger partial charge in [-0.3, -0.25) is 9.88 Å². The van der Waals surface area contributed by atoms with Gasteiger partial charge in [0.15, 0.2) is 0 Å². The lowest BCUT2D eigenvalue weighted by Crippen LogP contribution is -2.36. The lowest BCUT2D eigenvalue weighted by atomic mass is 10.1. The molecule has 1 N–H and O–H groups in total. The molecule has 0 atom stereocenters. The van der Waals surface area contributed by atoms with E-state index in [2.05, 4.69) is 40.0 Å². The van der Waals surface area contributed by atoms with Gasteiger partial charge in [0.05, 0.1) is 36.0 Å². The molecule has 0 saturated carbocycles. The van der Waals surface area contributed by atoms with E-state index in [0.29, 0.717) is 12.7 Å². The van der Waals surface area contributed by atoms with Gasteiger partial charge < -0.3 is 9.72 Å². The van der Waals surface area contributed by atoms with Crippen LogP contribution in [0.25, 0.3) is 11.0 Å². The largest absolute Gasteiger partial charge is 0.372 e. The molecule has 5 heteroatoms. The summed E-state index contributed by atoms with van der Waals surface area (Å²) in [6, 6.07) is 12.3. The van der Waals surface area contributed by atoms with Crippen LogP contribution in [0.5, 0.6) is 0 Å². The lowest BCUT2D eigenvalue weighted by molar-refractivity contribution is -0.00559. The SMILES string of the molecule is Cc1ccc2nc(CN3CCC(OCc4ccccn4)CC3)[nH]c2c1. The second kappa shape index (κ2) is 7.33. The Morgan fingerprint density at radius 2 is 2.08 bits per heavy atom. The predicted molar refractivity (Wildman–Crippen MR) is 98.2 cm³/mol. The van der Waals surface area contributed by atoms with Crippen molar-refractivity contribution in [2.75, 3.05) is 13.1 Å². The van der Waals surface area contributed by atoms with Crippen molar-refractivity contribution in [3.8, 4) is 0 Å². The summed E-state index contributed by atoms with van der Waals surface area (Å²) in [5.74, 6) is 1.05. The number of hydrogen-bond donors (Lipinski definition) is 1. The quantitative estimate of drug-likeness (QED) is 0.775. The molecule has 4 rings (SSSR count). The Hall–Kier alpha value is -2.24. The molecule has 1 saturated heterocycles. The van der Waals surface area contributed by atoms with Gasteiger partial charge in [0, 0.05) is 19.3 Å². The molecule has 0 unspecified atom stereocenters. The molecule has 3 heterocycles. The average molecular weight is 336 g/mol. The first-order chi connectivity index (χ1) is 12.3. The first-order valence-electron chi connectivity index (χ1n) is 8.95. The third kappa shape index (κ3) is 4.06. The van der Waals surface area contributed by atoms with E-state index in [0.717, 1.165) is 55.0 Å². The molecule has 3 aromatic rings. The molecule has 25 heavy (non-hydrogen) atoms. The van der Waals surface area contributed by atoms with Gasteiger partial charge in [0.2, 0.25) is 0 Å². The Balaban J connectivity index is 1.28. The highest BCUT2D eigenvalue weighted by atomic mass is 16.5. The van der Waals surface area contributed by atoms with Crippen molar-refractivity contribution in [2.24, 2.45) is 0 Å². The van der Waals surface area contributed by atoms with Crippen molar-refractivity contribution in [1.29, 1.82) is 0 Å². The van der Waals surface area contributed by atoms with Crippen LogP contribution in [-0.4, -0.2) is 39.0 Å². The summed E-state index contributed by atoms with van der Waals surface area (Å²) in [7, 11) is 0. The second-order valence-electron chi connectivity index (χ2n) is 6.81. The number of aromatic amines is 1. The highest BCUT2D eigenvalue weighted by Gasteiger charge is 2.20. The van der Waals surface area contributed by atoms with Gasteiger partial charge in [0.1, 0.15) is 5.82 Å². The molecule has 0 amide bonds. The van der Waals surface area contributed by atoms with Gasteiger partial charge >= 0.3 is 0 Å². The van der Waals surface area contributed by atoms with Gasteiger partial charge in [-0.2, -0.15) is 0 Å². The number of aromatic nitrogens is 3. The minimum Gasteiger partial charge on any atom is -0.372 e. The van der Waals surface area contributed by atoms with E-state index in [-0.39, 0.29) is 0 Å². The molecular weight excluding hydrogens is 312 g/mol. The number of hydrogen-bond acceptors (Lipinski definition) is 4. The number of fused-ring (bicyclic) bond motifs is 1. The number of benzene rings is 1.